The van der Waals surface area contributed by atoms with Gasteiger partial charge in [0.25, 0.3) is 0 Å². The molecule has 108 valence electrons. The average Bonchev–Trinajstić information content (AvgIpc) is 2.94. The monoisotopic (exact) mass is 273 g/mol. The van der Waals surface area contributed by atoms with Crippen LogP contribution in [0.15, 0.2) is 18.2 Å². The minimum Gasteiger partial charge on any atom is -0.486 e. The molecule has 20 heavy (non-hydrogen) atoms. The van der Waals surface area contributed by atoms with Crippen LogP contribution < -0.4 is 15.2 Å². The van der Waals surface area contributed by atoms with Gasteiger partial charge in [0.05, 0.1) is 0 Å². The molecule has 1 aromatic carbocycles. The Labute approximate surface area is 120 Å². The first-order valence-electron chi connectivity index (χ1n) is 7.86. The molecule has 2 aliphatic carbocycles. The fourth-order valence-electron chi connectivity index (χ4n) is 4.70. The molecular weight excluding hydrogens is 250 g/mol. The van der Waals surface area contributed by atoms with Crippen molar-refractivity contribution in [1.29, 1.82) is 0 Å². The van der Waals surface area contributed by atoms with Gasteiger partial charge >= 0.3 is 0 Å². The number of hydrogen-bond acceptors (Lipinski definition) is 3. The third kappa shape index (κ3) is 1.76. The maximum absolute atomic E-state index is 6.16. The standard InChI is InChI=1S/C17H23NO2/c18-12-17(10-16(11-17)5-1-2-6-16)13-3-4-14-15(9-13)20-8-7-19-14/h3-4,9H,1-2,5-8,10-12,18H2. The van der Waals surface area contributed by atoms with E-state index in [-0.39, 0.29) is 5.41 Å². The second-order valence-corrected chi connectivity index (χ2v) is 6.90. The second kappa shape index (κ2) is 4.39. The average molecular weight is 273 g/mol. The zero-order valence-corrected chi connectivity index (χ0v) is 12.0. The molecule has 0 unspecified atom stereocenters. The lowest BCUT2D eigenvalue weighted by molar-refractivity contribution is 0.0325. The van der Waals surface area contributed by atoms with Gasteiger partial charge in [0.15, 0.2) is 11.5 Å². The Morgan fingerprint density at radius 3 is 2.40 bits per heavy atom. The summed E-state index contributed by atoms with van der Waals surface area (Å²) in [6.45, 7) is 2.04. The van der Waals surface area contributed by atoms with Crippen LogP contribution in [-0.2, 0) is 5.41 Å². The molecule has 2 N–H and O–H groups in total. The Morgan fingerprint density at radius 2 is 1.70 bits per heavy atom. The molecule has 0 amide bonds. The first-order chi connectivity index (χ1) is 9.75. The quantitative estimate of drug-likeness (QED) is 0.901. The Morgan fingerprint density at radius 1 is 1.00 bits per heavy atom. The minimum absolute atomic E-state index is 0.181. The largest absolute Gasteiger partial charge is 0.486 e. The van der Waals surface area contributed by atoms with E-state index < -0.39 is 0 Å². The topological polar surface area (TPSA) is 44.5 Å². The van der Waals surface area contributed by atoms with E-state index in [1.807, 2.05) is 0 Å². The minimum atomic E-state index is 0.181. The zero-order valence-electron chi connectivity index (χ0n) is 12.0. The molecule has 0 saturated heterocycles. The molecule has 3 aliphatic rings. The molecule has 3 heteroatoms. The van der Waals surface area contributed by atoms with Gasteiger partial charge in [-0.2, -0.15) is 0 Å². The van der Waals surface area contributed by atoms with Crippen LogP contribution in [0.4, 0.5) is 0 Å². The summed E-state index contributed by atoms with van der Waals surface area (Å²) in [4.78, 5) is 0. The van der Waals surface area contributed by atoms with E-state index in [1.54, 1.807) is 0 Å². The third-order valence-electron chi connectivity index (χ3n) is 5.64. The highest BCUT2D eigenvalue weighted by atomic mass is 16.6. The maximum Gasteiger partial charge on any atom is 0.161 e. The Hall–Kier alpha value is -1.22. The van der Waals surface area contributed by atoms with Gasteiger partial charge in [0, 0.05) is 12.0 Å². The van der Waals surface area contributed by atoms with Crippen LogP contribution in [0.5, 0.6) is 11.5 Å². The number of benzene rings is 1. The van der Waals surface area contributed by atoms with Crippen molar-refractivity contribution >= 4 is 0 Å². The van der Waals surface area contributed by atoms with Gasteiger partial charge in [-0.25, -0.2) is 0 Å². The molecule has 1 aromatic rings. The van der Waals surface area contributed by atoms with E-state index in [1.165, 1.54) is 44.1 Å². The first-order valence-corrected chi connectivity index (χ1v) is 7.86. The fraction of sp³-hybridized carbons (Fsp3) is 0.647. The summed E-state index contributed by atoms with van der Waals surface area (Å²) in [6.07, 6.45) is 8.13. The molecule has 0 bridgehead atoms. The van der Waals surface area contributed by atoms with E-state index in [4.69, 9.17) is 15.2 Å². The highest BCUT2D eigenvalue weighted by Crippen LogP contribution is 2.62. The van der Waals surface area contributed by atoms with Gasteiger partial charge in [-0.05, 0) is 48.8 Å². The summed E-state index contributed by atoms with van der Waals surface area (Å²) in [7, 11) is 0. The van der Waals surface area contributed by atoms with Crippen LogP contribution in [-0.4, -0.2) is 19.8 Å². The normalized spacial score (nSPS) is 25.4. The van der Waals surface area contributed by atoms with Gasteiger partial charge in [0.1, 0.15) is 13.2 Å². The predicted octanol–water partition coefficient (Wildman–Crippen LogP) is 3.01. The molecule has 1 spiro atoms. The summed E-state index contributed by atoms with van der Waals surface area (Å²) in [6, 6.07) is 6.42. The number of hydrogen-bond donors (Lipinski definition) is 1. The SMILES string of the molecule is NCC1(c2ccc3c(c2)OCCO3)CC2(CCCC2)C1. The molecule has 4 rings (SSSR count). The maximum atomic E-state index is 6.16. The van der Waals surface area contributed by atoms with Crippen LogP contribution in [0.25, 0.3) is 0 Å². The van der Waals surface area contributed by atoms with Crippen molar-refractivity contribution in [2.75, 3.05) is 19.8 Å². The van der Waals surface area contributed by atoms with Crippen molar-refractivity contribution in [3.8, 4) is 11.5 Å². The van der Waals surface area contributed by atoms with Gasteiger partial charge in [-0.15, -0.1) is 0 Å². The Balaban J connectivity index is 1.62. The summed E-state index contributed by atoms with van der Waals surface area (Å²) in [5.41, 5.74) is 8.29. The van der Waals surface area contributed by atoms with E-state index in [2.05, 4.69) is 18.2 Å². The van der Waals surface area contributed by atoms with Crippen molar-refractivity contribution < 1.29 is 9.47 Å². The number of ether oxygens (including phenoxy) is 2. The molecule has 0 aromatic heterocycles. The highest BCUT2D eigenvalue weighted by Gasteiger charge is 2.55. The molecule has 2 saturated carbocycles. The number of nitrogens with two attached hydrogens (primary N) is 1. The van der Waals surface area contributed by atoms with E-state index >= 15 is 0 Å². The van der Waals surface area contributed by atoms with Crippen LogP contribution in [0.2, 0.25) is 0 Å². The summed E-state index contributed by atoms with van der Waals surface area (Å²) in [5.74, 6) is 1.77. The number of fused-ring (bicyclic) bond motifs is 1. The summed E-state index contributed by atoms with van der Waals surface area (Å²) in [5, 5.41) is 0. The summed E-state index contributed by atoms with van der Waals surface area (Å²) < 4.78 is 11.3. The molecule has 2 fully saturated rings. The third-order valence-corrected chi connectivity index (χ3v) is 5.64. The predicted molar refractivity (Wildman–Crippen MR) is 78.3 cm³/mol. The van der Waals surface area contributed by atoms with Crippen molar-refractivity contribution in [1.82, 2.24) is 0 Å². The summed E-state index contributed by atoms with van der Waals surface area (Å²) >= 11 is 0. The van der Waals surface area contributed by atoms with E-state index in [9.17, 15) is 0 Å². The van der Waals surface area contributed by atoms with Crippen LogP contribution in [0, 0.1) is 5.41 Å². The van der Waals surface area contributed by atoms with Crippen molar-refractivity contribution in [3.05, 3.63) is 23.8 Å². The van der Waals surface area contributed by atoms with Gasteiger partial charge in [-0.1, -0.05) is 18.9 Å². The highest BCUT2D eigenvalue weighted by molar-refractivity contribution is 5.47. The Kier molecular flexibility index (Phi) is 2.75. The van der Waals surface area contributed by atoms with Crippen molar-refractivity contribution in [2.45, 2.75) is 43.9 Å². The van der Waals surface area contributed by atoms with Crippen molar-refractivity contribution in [2.24, 2.45) is 11.1 Å². The van der Waals surface area contributed by atoms with Crippen molar-refractivity contribution in [3.63, 3.8) is 0 Å². The van der Waals surface area contributed by atoms with E-state index in [0.717, 1.165) is 18.0 Å². The Bertz CT molecular complexity index is 512. The van der Waals surface area contributed by atoms with Gasteiger partial charge in [-0.3, -0.25) is 0 Å². The smallest absolute Gasteiger partial charge is 0.161 e. The molecular formula is C17H23NO2. The molecule has 1 aliphatic heterocycles. The number of rotatable bonds is 2. The lowest BCUT2D eigenvalue weighted by atomic mass is 9.49. The molecule has 3 nitrogen and oxygen atoms in total. The second-order valence-electron chi connectivity index (χ2n) is 6.90. The fourth-order valence-corrected chi connectivity index (χ4v) is 4.70. The zero-order chi connectivity index (χ0) is 13.6. The lowest BCUT2D eigenvalue weighted by Crippen LogP contribution is -2.52. The van der Waals surface area contributed by atoms with Gasteiger partial charge < -0.3 is 15.2 Å². The van der Waals surface area contributed by atoms with Crippen LogP contribution in [0.3, 0.4) is 0 Å². The van der Waals surface area contributed by atoms with Crippen LogP contribution >= 0.6 is 0 Å². The van der Waals surface area contributed by atoms with Gasteiger partial charge in [0.2, 0.25) is 0 Å². The first kappa shape index (κ1) is 12.5. The van der Waals surface area contributed by atoms with Crippen LogP contribution in [0.1, 0.15) is 44.1 Å². The molecule has 0 radical (unpaired) electrons. The molecule has 0 atom stereocenters. The molecule has 1 heterocycles. The lowest BCUT2D eigenvalue weighted by Gasteiger charge is -2.55. The van der Waals surface area contributed by atoms with E-state index in [0.29, 0.717) is 18.6 Å².